The van der Waals surface area contributed by atoms with Crippen molar-refractivity contribution in [3.63, 3.8) is 0 Å². The van der Waals surface area contributed by atoms with Crippen molar-refractivity contribution in [3.05, 3.63) is 17.5 Å². The largest absolute Gasteiger partial charge is 0.381 e. The molecular weight excluding hydrogens is 300 g/mol. The minimum Gasteiger partial charge on any atom is -0.381 e. The summed E-state index contributed by atoms with van der Waals surface area (Å²) < 4.78 is 8.12. The average molecular weight is 332 g/mol. The summed E-state index contributed by atoms with van der Waals surface area (Å²) in [6.45, 7) is 12.0. The Morgan fingerprint density at radius 1 is 1.17 bits per heavy atom. The van der Waals surface area contributed by atoms with Crippen LogP contribution >= 0.6 is 0 Å². The van der Waals surface area contributed by atoms with Crippen molar-refractivity contribution in [1.29, 1.82) is 0 Å². The van der Waals surface area contributed by atoms with E-state index in [1.807, 2.05) is 0 Å². The molecule has 1 saturated carbocycles. The molecule has 1 aromatic heterocycles. The molecule has 3 heterocycles. The highest BCUT2D eigenvalue weighted by molar-refractivity contribution is 5.25. The molecule has 1 unspecified atom stereocenters. The van der Waals surface area contributed by atoms with E-state index in [-0.39, 0.29) is 0 Å². The van der Waals surface area contributed by atoms with Crippen molar-refractivity contribution in [2.45, 2.75) is 51.6 Å². The molecule has 134 valence electrons. The van der Waals surface area contributed by atoms with E-state index in [2.05, 4.69) is 27.6 Å². The third-order valence-corrected chi connectivity index (χ3v) is 5.80. The van der Waals surface area contributed by atoms with Crippen molar-refractivity contribution in [2.24, 2.45) is 5.92 Å². The Morgan fingerprint density at radius 3 is 2.71 bits per heavy atom. The van der Waals surface area contributed by atoms with Crippen molar-refractivity contribution in [1.82, 2.24) is 19.6 Å². The predicted molar refractivity (Wildman–Crippen MR) is 95.1 cm³/mol. The first-order valence-electron chi connectivity index (χ1n) is 9.90. The summed E-state index contributed by atoms with van der Waals surface area (Å²) >= 11 is 0. The minimum atomic E-state index is 0.480. The summed E-state index contributed by atoms with van der Waals surface area (Å²) in [5.74, 6) is 1.35. The molecule has 3 aliphatic rings. The highest BCUT2D eigenvalue weighted by Gasteiger charge is 2.32. The van der Waals surface area contributed by atoms with E-state index in [0.29, 0.717) is 5.92 Å². The Bertz CT molecular complexity index is 533. The fourth-order valence-electron chi connectivity index (χ4n) is 4.27. The smallest absolute Gasteiger partial charge is 0.0562 e. The molecule has 1 atom stereocenters. The summed E-state index contributed by atoms with van der Waals surface area (Å²) in [5, 5.41) is 4.73. The van der Waals surface area contributed by atoms with Gasteiger partial charge in [0.1, 0.15) is 0 Å². The van der Waals surface area contributed by atoms with Crippen molar-refractivity contribution in [3.8, 4) is 0 Å². The fraction of sp³-hybridized carbons (Fsp3) is 0.842. The average Bonchev–Trinajstić information content (AvgIpc) is 3.09. The van der Waals surface area contributed by atoms with Crippen LogP contribution in [0.25, 0.3) is 0 Å². The molecule has 0 aromatic carbocycles. The van der Waals surface area contributed by atoms with Gasteiger partial charge in [-0.3, -0.25) is 9.58 Å². The lowest BCUT2D eigenvalue weighted by atomic mass is 9.96. The van der Waals surface area contributed by atoms with Gasteiger partial charge in [-0.15, -0.1) is 0 Å². The maximum absolute atomic E-state index is 5.82. The van der Waals surface area contributed by atoms with Gasteiger partial charge in [-0.05, 0) is 51.6 Å². The SMILES string of the molecule is CCOCC1CN(CCN2CCCC2)Cc2cnn(CC3CC3)c21. The van der Waals surface area contributed by atoms with Gasteiger partial charge in [-0.2, -0.15) is 5.10 Å². The van der Waals surface area contributed by atoms with Gasteiger partial charge in [0, 0.05) is 56.5 Å². The number of nitrogens with zero attached hydrogens (tertiary/aromatic N) is 4. The summed E-state index contributed by atoms with van der Waals surface area (Å²) in [6, 6.07) is 0. The number of rotatable bonds is 8. The van der Waals surface area contributed by atoms with Crippen LogP contribution in [0, 0.1) is 5.92 Å². The van der Waals surface area contributed by atoms with Gasteiger partial charge in [0.25, 0.3) is 0 Å². The third kappa shape index (κ3) is 3.84. The molecule has 4 rings (SSSR count). The Balaban J connectivity index is 1.43. The maximum atomic E-state index is 5.82. The fourth-order valence-corrected chi connectivity index (χ4v) is 4.27. The van der Waals surface area contributed by atoms with Crippen LogP contribution in [-0.4, -0.2) is 65.5 Å². The molecule has 5 nitrogen and oxygen atoms in total. The van der Waals surface area contributed by atoms with Crippen molar-refractivity contribution >= 4 is 0 Å². The van der Waals surface area contributed by atoms with Crippen LogP contribution in [0.4, 0.5) is 0 Å². The second-order valence-corrected chi connectivity index (χ2v) is 7.82. The molecule has 1 saturated heterocycles. The molecule has 1 aliphatic carbocycles. The van der Waals surface area contributed by atoms with E-state index in [4.69, 9.17) is 9.84 Å². The lowest BCUT2D eigenvalue weighted by Gasteiger charge is -2.34. The summed E-state index contributed by atoms with van der Waals surface area (Å²) in [7, 11) is 0. The predicted octanol–water partition coefficient (Wildman–Crippen LogP) is 2.32. The maximum Gasteiger partial charge on any atom is 0.0562 e. The second-order valence-electron chi connectivity index (χ2n) is 7.82. The van der Waals surface area contributed by atoms with Gasteiger partial charge in [0.05, 0.1) is 12.8 Å². The first-order chi connectivity index (χ1) is 11.8. The number of ether oxygens (including phenoxy) is 1. The first-order valence-corrected chi connectivity index (χ1v) is 9.90. The van der Waals surface area contributed by atoms with Crippen LogP contribution in [0.15, 0.2) is 6.20 Å². The normalized spacial score (nSPS) is 25.3. The topological polar surface area (TPSA) is 33.5 Å². The highest BCUT2D eigenvalue weighted by atomic mass is 16.5. The zero-order valence-corrected chi connectivity index (χ0v) is 15.1. The van der Waals surface area contributed by atoms with Gasteiger partial charge in [0.15, 0.2) is 0 Å². The van der Waals surface area contributed by atoms with Crippen LogP contribution in [0.3, 0.4) is 0 Å². The van der Waals surface area contributed by atoms with Crippen LogP contribution in [0.5, 0.6) is 0 Å². The molecule has 2 fully saturated rings. The zero-order valence-electron chi connectivity index (χ0n) is 15.1. The first kappa shape index (κ1) is 16.6. The van der Waals surface area contributed by atoms with E-state index in [1.54, 1.807) is 0 Å². The van der Waals surface area contributed by atoms with E-state index in [9.17, 15) is 0 Å². The molecule has 0 amide bonds. The summed E-state index contributed by atoms with van der Waals surface area (Å²) in [5.41, 5.74) is 2.90. The molecule has 0 N–H and O–H groups in total. The van der Waals surface area contributed by atoms with Crippen LogP contribution < -0.4 is 0 Å². The number of fused-ring (bicyclic) bond motifs is 1. The molecule has 0 radical (unpaired) electrons. The summed E-state index contributed by atoms with van der Waals surface area (Å²) in [4.78, 5) is 5.23. The Kier molecular flexibility index (Phi) is 5.20. The summed E-state index contributed by atoms with van der Waals surface area (Å²) in [6.07, 6.45) is 7.65. The van der Waals surface area contributed by atoms with E-state index in [1.165, 1.54) is 63.1 Å². The van der Waals surface area contributed by atoms with Crippen LogP contribution in [-0.2, 0) is 17.8 Å². The van der Waals surface area contributed by atoms with Gasteiger partial charge in [-0.1, -0.05) is 0 Å². The Labute approximate surface area is 145 Å². The van der Waals surface area contributed by atoms with Gasteiger partial charge in [0.2, 0.25) is 0 Å². The van der Waals surface area contributed by atoms with Gasteiger partial charge in [-0.25, -0.2) is 0 Å². The Hall–Kier alpha value is -0.910. The van der Waals surface area contributed by atoms with E-state index < -0.39 is 0 Å². The molecule has 24 heavy (non-hydrogen) atoms. The number of hydrogen-bond acceptors (Lipinski definition) is 4. The zero-order chi connectivity index (χ0) is 16.4. The second kappa shape index (κ2) is 7.54. The monoisotopic (exact) mass is 332 g/mol. The molecule has 1 aromatic rings. The Morgan fingerprint density at radius 2 is 1.96 bits per heavy atom. The lowest BCUT2D eigenvalue weighted by molar-refractivity contribution is 0.101. The van der Waals surface area contributed by atoms with Crippen molar-refractivity contribution in [2.75, 3.05) is 45.9 Å². The molecule has 0 bridgehead atoms. The van der Waals surface area contributed by atoms with Crippen LogP contribution in [0.2, 0.25) is 0 Å². The highest BCUT2D eigenvalue weighted by Crippen LogP contribution is 2.34. The minimum absolute atomic E-state index is 0.480. The van der Waals surface area contributed by atoms with Crippen molar-refractivity contribution < 1.29 is 4.74 Å². The number of hydrogen-bond donors (Lipinski definition) is 0. The number of likely N-dealkylation sites (tertiary alicyclic amines) is 1. The van der Waals surface area contributed by atoms with Gasteiger partial charge < -0.3 is 9.64 Å². The molecular formula is C19H32N4O. The standard InChI is InChI=1S/C19H32N4O/c1-2-24-15-18-14-22(10-9-21-7-3-4-8-21)13-17-11-20-23(19(17)18)12-16-5-6-16/h11,16,18H,2-10,12-15H2,1H3. The molecule has 2 aliphatic heterocycles. The van der Waals surface area contributed by atoms with Crippen LogP contribution in [0.1, 0.15) is 49.8 Å². The quantitative estimate of drug-likeness (QED) is 0.732. The molecule has 0 spiro atoms. The number of aromatic nitrogens is 2. The van der Waals surface area contributed by atoms with Gasteiger partial charge >= 0.3 is 0 Å². The third-order valence-electron chi connectivity index (χ3n) is 5.80. The van der Waals surface area contributed by atoms with E-state index in [0.717, 1.165) is 38.8 Å². The lowest BCUT2D eigenvalue weighted by Crippen LogP contribution is -2.40. The van der Waals surface area contributed by atoms with E-state index >= 15 is 0 Å². The molecule has 5 heteroatoms.